The lowest BCUT2D eigenvalue weighted by atomic mass is 10.00. The van der Waals surface area contributed by atoms with Gasteiger partial charge in [0.15, 0.2) is 0 Å². The lowest BCUT2D eigenvalue weighted by Crippen LogP contribution is -2.42. The van der Waals surface area contributed by atoms with E-state index >= 15 is 0 Å². The highest BCUT2D eigenvalue weighted by Gasteiger charge is 2.39. The van der Waals surface area contributed by atoms with Gasteiger partial charge < -0.3 is 15.3 Å². The Labute approximate surface area is 200 Å². The van der Waals surface area contributed by atoms with E-state index in [1.807, 2.05) is 19.0 Å². The van der Waals surface area contributed by atoms with Gasteiger partial charge in [-0.1, -0.05) is 6.08 Å². The quantitative estimate of drug-likeness (QED) is 0.600. The van der Waals surface area contributed by atoms with Crippen molar-refractivity contribution in [2.24, 2.45) is 0 Å². The fraction of sp³-hybridized carbons (Fsp3) is 0.609. The molecule has 3 heterocycles. The van der Waals surface area contributed by atoms with Crippen molar-refractivity contribution in [1.29, 1.82) is 0 Å². The molecule has 186 valence electrons. The van der Waals surface area contributed by atoms with Gasteiger partial charge in [-0.25, -0.2) is 13.4 Å². The topological polar surface area (TPSA) is 121 Å². The highest BCUT2D eigenvalue weighted by molar-refractivity contribution is 7.92. The smallest absolute Gasteiger partial charge is 0.252 e. The predicted molar refractivity (Wildman–Crippen MR) is 132 cm³/mol. The van der Waals surface area contributed by atoms with E-state index < -0.39 is 15.6 Å². The first-order chi connectivity index (χ1) is 16.1. The molecule has 0 bridgehead atoms. The highest BCUT2D eigenvalue weighted by atomic mass is 32.2. The van der Waals surface area contributed by atoms with Gasteiger partial charge in [0, 0.05) is 48.7 Å². The van der Waals surface area contributed by atoms with Crippen molar-refractivity contribution in [3.8, 4) is 0 Å². The van der Waals surface area contributed by atoms with E-state index in [0.717, 1.165) is 11.8 Å². The molecule has 0 aromatic carbocycles. The molecule has 1 saturated carbocycles. The Morgan fingerprint density at radius 1 is 1.26 bits per heavy atom. The summed E-state index contributed by atoms with van der Waals surface area (Å²) in [7, 11) is 0.345. The second-order valence-electron chi connectivity index (χ2n) is 9.78. The first-order valence-electron chi connectivity index (χ1n) is 11.8. The summed E-state index contributed by atoms with van der Waals surface area (Å²) in [6.45, 7) is 3.16. The molecule has 1 saturated heterocycles. The molecular formula is C23H34N6O4S. The van der Waals surface area contributed by atoms with Crippen LogP contribution in [0.1, 0.15) is 45.1 Å². The SMILES string of the molecule is CN(C)C/C=C/S(=O)(=O)N1CCC(Nc2ncc3ccc(=O)n([C@@H]4CCC[C@@]4(C)O)c3n2)CC1. The summed E-state index contributed by atoms with van der Waals surface area (Å²) in [4.78, 5) is 23.7. The summed E-state index contributed by atoms with van der Waals surface area (Å²) in [6, 6.07) is 2.89. The number of rotatable bonds is 7. The summed E-state index contributed by atoms with van der Waals surface area (Å²) < 4.78 is 28.2. The summed E-state index contributed by atoms with van der Waals surface area (Å²) in [6.07, 6.45) is 6.80. The van der Waals surface area contributed by atoms with Crippen LogP contribution in [0.25, 0.3) is 11.0 Å². The molecule has 4 rings (SSSR count). The minimum Gasteiger partial charge on any atom is -0.388 e. The van der Waals surface area contributed by atoms with Crippen molar-refractivity contribution in [2.45, 2.75) is 56.7 Å². The molecule has 0 spiro atoms. The zero-order valence-corrected chi connectivity index (χ0v) is 20.8. The van der Waals surface area contributed by atoms with Gasteiger partial charge in [-0.05, 0) is 59.2 Å². The molecule has 2 aliphatic rings. The van der Waals surface area contributed by atoms with Crippen molar-refractivity contribution in [3.05, 3.63) is 40.2 Å². The summed E-state index contributed by atoms with van der Waals surface area (Å²) in [5.74, 6) is 0.400. The van der Waals surface area contributed by atoms with Gasteiger partial charge in [0.25, 0.3) is 5.56 Å². The maximum absolute atomic E-state index is 12.8. The van der Waals surface area contributed by atoms with Crippen LogP contribution >= 0.6 is 0 Å². The molecule has 2 fully saturated rings. The van der Waals surface area contributed by atoms with Crippen LogP contribution in [0.15, 0.2) is 34.6 Å². The fourth-order valence-electron chi connectivity index (χ4n) is 4.85. The molecule has 2 atom stereocenters. The van der Waals surface area contributed by atoms with Gasteiger partial charge in [-0.2, -0.15) is 9.29 Å². The largest absolute Gasteiger partial charge is 0.388 e. The average molecular weight is 491 g/mol. The van der Waals surface area contributed by atoms with E-state index in [4.69, 9.17) is 0 Å². The number of sulfonamides is 1. The number of nitrogens with zero attached hydrogens (tertiary/aromatic N) is 5. The molecule has 2 aromatic heterocycles. The summed E-state index contributed by atoms with van der Waals surface area (Å²) in [5, 5.41) is 16.1. The summed E-state index contributed by atoms with van der Waals surface area (Å²) >= 11 is 0. The van der Waals surface area contributed by atoms with Gasteiger partial charge in [0.1, 0.15) is 5.65 Å². The Morgan fingerprint density at radius 3 is 2.65 bits per heavy atom. The van der Waals surface area contributed by atoms with Crippen LogP contribution in [0, 0.1) is 0 Å². The van der Waals surface area contributed by atoms with Gasteiger partial charge in [-0.15, -0.1) is 0 Å². The van der Waals surface area contributed by atoms with Crippen LogP contribution in [0.4, 0.5) is 5.95 Å². The number of aliphatic hydroxyl groups is 1. The zero-order valence-electron chi connectivity index (χ0n) is 20.0. The van der Waals surface area contributed by atoms with Gasteiger partial charge in [0.2, 0.25) is 16.0 Å². The van der Waals surface area contributed by atoms with Crippen LogP contribution in [0.2, 0.25) is 0 Å². The molecule has 10 nitrogen and oxygen atoms in total. The third-order valence-corrected chi connectivity index (χ3v) is 8.36. The lowest BCUT2D eigenvalue weighted by Gasteiger charge is -2.31. The van der Waals surface area contributed by atoms with Gasteiger partial charge in [0.05, 0.1) is 11.6 Å². The minimum absolute atomic E-state index is 0.0214. The molecular weight excluding hydrogens is 456 g/mol. The van der Waals surface area contributed by atoms with Crippen molar-refractivity contribution < 1.29 is 13.5 Å². The van der Waals surface area contributed by atoms with Crippen LogP contribution in [-0.2, 0) is 10.0 Å². The molecule has 0 amide bonds. The van der Waals surface area contributed by atoms with E-state index in [9.17, 15) is 18.3 Å². The Hall–Kier alpha value is -2.34. The standard InChI is InChI=1S/C23H34N6O4S/c1-23(31)11-4-6-19(23)29-20(30)8-7-17-16-24-22(26-21(17)29)25-18-9-13-28(14-10-18)34(32,33)15-5-12-27(2)3/h5,7-8,15-16,18-19,31H,4,6,9-14H2,1-3H3,(H,24,25,26)/b15-5+/t19-,23-/m1/s1. The molecule has 1 aliphatic heterocycles. The number of pyridine rings is 1. The Bertz CT molecular complexity index is 1220. The maximum atomic E-state index is 12.8. The Kier molecular flexibility index (Phi) is 7.09. The number of hydrogen-bond acceptors (Lipinski definition) is 8. The first kappa shape index (κ1) is 24.8. The van der Waals surface area contributed by atoms with E-state index in [2.05, 4.69) is 15.3 Å². The molecule has 2 N–H and O–H groups in total. The van der Waals surface area contributed by atoms with Crippen molar-refractivity contribution >= 4 is 27.0 Å². The normalized spacial score (nSPS) is 25.0. The molecule has 0 radical (unpaired) electrons. The number of nitrogens with one attached hydrogen (secondary N) is 1. The number of anilines is 1. The van der Waals surface area contributed by atoms with Crippen LogP contribution in [0.3, 0.4) is 0 Å². The Morgan fingerprint density at radius 2 is 2.00 bits per heavy atom. The van der Waals surface area contributed by atoms with E-state index in [0.29, 0.717) is 56.9 Å². The zero-order chi connectivity index (χ0) is 24.5. The molecule has 1 aliphatic carbocycles. The third kappa shape index (κ3) is 5.32. The number of piperidine rings is 1. The molecule has 11 heteroatoms. The monoisotopic (exact) mass is 490 g/mol. The molecule has 2 aromatic rings. The van der Waals surface area contributed by atoms with E-state index in [-0.39, 0.29) is 17.6 Å². The van der Waals surface area contributed by atoms with Gasteiger partial charge >= 0.3 is 0 Å². The van der Waals surface area contributed by atoms with Crippen LogP contribution in [0.5, 0.6) is 0 Å². The summed E-state index contributed by atoms with van der Waals surface area (Å²) in [5.41, 5.74) is -0.649. The number of fused-ring (bicyclic) bond motifs is 1. The van der Waals surface area contributed by atoms with Crippen molar-refractivity contribution in [1.82, 2.24) is 23.7 Å². The Balaban J connectivity index is 1.48. The van der Waals surface area contributed by atoms with E-state index in [1.54, 1.807) is 29.8 Å². The lowest BCUT2D eigenvalue weighted by molar-refractivity contribution is 0.0267. The maximum Gasteiger partial charge on any atom is 0.252 e. The average Bonchev–Trinajstić information content (AvgIpc) is 3.12. The predicted octanol–water partition coefficient (Wildman–Crippen LogP) is 1.55. The van der Waals surface area contributed by atoms with E-state index in [1.165, 1.54) is 15.8 Å². The van der Waals surface area contributed by atoms with Crippen molar-refractivity contribution in [2.75, 3.05) is 39.0 Å². The van der Waals surface area contributed by atoms with Crippen LogP contribution in [-0.4, -0.2) is 82.6 Å². The van der Waals surface area contributed by atoms with Crippen LogP contribution < -0.4 is 10.9 Å². The fourth-order valence-corrected chi connectivity index (χ4v) is 6.07. The molecule has 0 unspecified atom stereocenters. The highest BCUT2D eigenvalue weighted by Crippen LogP contribution is 2.39. The second kappa shape index (κ2) is 9.73. The third-order valence-electron chi connectivity index (χ3n) is 6.74. The second-order valence-corrected chi connectivity index (χ2v) is 11.6. The number of hydrogen-bond donors (Lipinski definition) is 2. The van der Waals surface area contributed by atoms with Crippen molar-refractivity contribution in [3.63, 3.8) is 0 Å². The molecule has 34 heavy (non-hydrogen) atoms. The number of likely N-dealkylation sites (N-methyl/N-ethyl adjacent to an activating group) is 1. The minimum atomic E-state index is -3.43. The first-order valence-corrected chi connectivity index (χ1v) is 13.3. The van der Waals surface area contributed by atoms with Gasteiger partial charge in [-0.3, -0.25) is 9.36 Å². The number of aromatic nitrogens is 3.